The standard InChI is InChI=1S/C19H24N2O5/c1-12(13-6-4-5-7-13)11-20-19(24)21-16-10-14(17(22)25-2)8-9-15(16)18(23)26-3/h8-11,13H,4-7H2,1-3H3,(H2,20,21,24)/b12-11+. The molecular weight excluding hydrogens is 336 g/mol. The molecule has 2 rings (SSSR count). The number of esters is 2. The van der Waals surface area contributed by atoms with Crippen LogP contribution in [0.5, 0.6) is 0 Å². The Kier molecular flexibility index (Phi) is 6.77. The van der Waals surface area contributed by atoms with Gasteiger partial charge in [0.1, 0.15) is 0 Å². The number of nitrogens with one attached hydrogen (secondary N) is 2. The number of methoxy groups -OCH3 is 2. The van der Waals surface area contributed by atoms with E-state index in [9.17, 15) is 14.4 Å². The van der Waals surface area contributed by atoms with Crippen LogP contribution in [-0.4, -0.2) is 32.2 Å². The van der Waals surface area contributed by atoms with E-state index in [4.69, 9.17) is 4.74 Å². The second-order valence-corrected chi connectivity index (χ2v) is 6.21. The van der Waals surface area contributed by atoms with Crippen LogP contribution < -0.4 is 10.6 Å². The van der Waals surface area contributed by atoms with Crippen LogP contribution in [0, 0.1) is 5.92 Å². The normalized spacial score (nSPS) is 14.7. The van der Waals surface area contributed by atoms with Gasteiger partial charge in [0, 0.05) is 6.20 Å². The Hall–Kier alpha value is -2.83. The predicted octanol–water partition coefficient (Wildman–Crippen LogP) is 3.48. The molecule has 0 heterocycles. The molecule has 1 aliphatic carbocycles. The summed E-state index contributed by atoms with van der Waals surface area (Å²) in [6.45, 7) is 1.99. The van der Waals surface area contributed by atoms with Crippen LogP contribution in [0.2, 0.25) is 0 Å². The Morgan fingerprint density at radius 3 is 2.35 bits per heavy atom. The Morgan fingerprint density at radius 1 is 1.08 bits per heavy atom. The highest BCUT2D eigenvalue weighted by Gasteiger charge is 2.18. The summed E-state index contributed by atoms with van der Waals surface area (Å²) >= 11 is 0. The fourth-order valence-electron chi connectivity index (χ4n) is 3.02. The molecule has 7 heteroatoms. The van der Waals surface area contributed by atoms with Gasteiger partial charge in [0.2, 0.25) is 0 Å². The fourth-order valence-corrected chi connectivity index (χ4v) is 3.02. The van der Waals surface area contributed by atoms with Crippen molar-refractivity contribution in [3.63, 3.8) is 0 Å². The average molecular weight is 360 g/mol. The molecule has 0 atom stereocenters. The lowest BCUT2D eigenvalue weighted by molar-refractivity contribution is 0.0587. The number of benzene rings is 1. The van der Waals surface area contributed by atoms with Crippen LogP contribution in [0.1, 0.15) is 53.3 Å². The maximum absolute atomic E-state index is 12.2. The minimum atomic E-state index is -0.616. The quantitative estimate of drug-likeness (QED) is 0.784. The van der Waals surface area contributed by atoms with Crippen LogP contribution in [0.25, 0.3) is 0 Å². The van der Waals surface area contributed by atoms with E-state index in [1.165, 1.54) is 45.3 Å². The molecule has 7 nitrogen and oxygen atoms in total. The van der Waals surface area contributed by atoms with E-state index in [0.29, 0.717) is 5.92 Å². The summed E-state index contributed by atoms with van der Waals surface area (Å²) in [5.41, 5.74) is 1.65. The summed E-state index contributed by atoms with van der Waals surface area (Å²) in [4.78, 5) is 35.8. The summed E-state index contributed by atoms with van der Waals surface area (Å²) in [7, 11) is 2.50. The topological polar surface area (TPSA) is 93.7 Å². The molecule has 1 aliphatic rings. The number of urea groups is 1. The Balaban J connectivity index is 2.14. The largest absolute Gasteiger partial charge is 0.465 e. The highest BCUT2D eigenvalue weighted by molar-refractivity contribution is 6.03. The molecule has 1 fully saturated rings. The van der Waals surface area contributed by atoms with Gasteiger partial charge < -0.3 is 20.1 Å². The van der Waals surface area contributed by atoms with E-state index in [-0.39, 0.29) is 16.8 Å². The van der Waals surface area contributed by atoms with Gasteiger partial charge in [0.25, 0.3) is 0 Å². The van der Waals surface area contributed by atoms with Crippen LogP contribution in [-0.2, 0) is 9.47 Å². The number of allylic oxidation sites excluding steroid dienone is 1. The van der Waals surface area contributed by atoms with Crippen molar-refractivity contribution in [1.29, 1.82) is 0 Å². The number of ether oxygens (including phenoxy) is 2. The zero-order valence-corrected chi connectivity index (χ0v) is 15.3. The third-order valence-electron chi connectivity index (χ3n) is 4.52. The predicted molar refractivity (Wildman–Crippen MR) is 97.0 cm³/mol. The highest BCUT2D eigenvalue weighted by atomic mass is 16.5. The summed E-state index contributed by atoms with van der Waals surface area (Å²) in [6, 6.07) is 3.72. The molecular formula is C19H24N2O5. The first-order valence-corrected chi connectivity index (χ1v) is 8.51. The zero-order chi connectivity index (χ0) is 19.1. The average Bonchev–Trinajstić information content (AvgIpc) is 3.19. The van der Waals surface area contributed by atoms with Crippen molar-refractivity contribution in [1.82, 2.24) is 5.32 Å². The van der Waals surface area contributed by atoms with Crippen LogP contribution in [0.4, 0.5) is 10.5 Å². The first kappa shape index (κ1) is 19.5. The highest BCUT2D eigenvalue weighted by Crippen LogP contribution is 2.30. The Bertz CT molecular complexity index is 721. The minimum Gasteiger partial charge on any atom is -0.465 e. The number of carbonyl (C=O) groups excluding carboxylic acids is 3. The van der Waals surface area contributed by atoms with E-state index in [0.717, 1.165) is 18.4 Å². The van der Waals surface area contributed by atoms with Gasteiger partial charge >= 0.3 is 18.0 Å². The maximum Gasteiger partial charge on any atom is 0.339 e. The number of rotatable bonds is 5. The molecule has 0 aliphatic heterocycles. The fraction of sp³-hybridized carbons (Fsp3) is 0.421. The molecule has 2 amide bonds. The first-order chi connectivity index (χ1) is 12.5. The summed E-state index contributed by atoms with van der Waals surface area (Å²) in [5, 5.41) is 5.26. The smallest absolute Gasteiger partial charge is 0.339 e. The summed E-state index contributed by atoms with van der Waals surface area (Å²) in [5.74, 6) is -0.681. The van der Waals surface area contributed by atoms with Crippen molar-refractivity contribution in [3.05, 3.63) is 41.1 Å². The molecule has 140 valence electrons. The number of hydrogen-bond donors (Lipinski definition) is 2. The lowest BCUT2D eigenvalue weighted by atomic mass is 10.0. The van der Waals surface area contributed by atoms with E-state index >= 15 is 0 Å². The van der Waals surface area contributed by atoms with Crippen LogP contribution >= 0.6 is 0 Å². The molecule has 0 spiro atoms. The molecule has 1 saturated carbocycles. The van der Waals surface area contributed by atoms with Gasteiger partial charge in [-0.3, -0.25) is 0 Å². The van der Waals surface area contributed by atoms with Crippen molar-refractivity contribution in [3.8, 4) is 0 Å². The van der Waals surface area contributed by atoms with Crippen molar-refractivity contribution in [2.45, 2.75) is 32.6 Å². The van der Waals surface area contributed by atoms with Gasteiger partial charge in [-0.1, -0.05) is 18.4 Å². The third-order valence-corrected chi connectivity index (χ3v) is 4.52. The van der Waals surface area contributed by atoms with E-state index in [1.807, 2.05) is 6.92 Å². The van der Waals surface area contributed by atoms with Gasteiger partial charge in [-0.05, 0) is 43.9 Å². The van der Waals surface area contributed by atoms with Gasteiger partial charge in [-0.15, -0.1) is 0 Å². The van der Waals surface area contributed by atoms with Gasteiger partial charge in [-0.25, -0.2) is 14.4 Å². The van der Waals surface area contributed by atoms with Crippen LogP contribution in [0.15, 0.2) is 30.0 Å². The second-order valence-electron chi connectivity index (χ2n) is 6.21. The van der Waals surface area contributed by atoms with Crippen molar-refractivity contribution in [2.24, 2.45) is 5.92 Å². The van der Waals surface area contributed by atoms with E-state index < -0.39 is 18.0 Å². The SMILES string of the molecule is COC(=O)c1ccc(C(=O)OC)c(NC(=O)N/C=C(\C)C2CCCC2)c1. The number of carbonyl (C=O) groups is 3. The number of hydrogen-bond acceptors (Lipinski definition) is 5. The second kappa shape index (κ2) is 9.03. The zero-order valence-electron chi connectivity index (χ0n) is 15.3. The van der Waals surface area contributed by atoms with Gasteiger partial charge in [0.15, 0.2) is 0 Å². The molecule has 1 aromatic rings. The molecule has 2 N–H and O–H groups in total. The lowest BCUT2D eigenvalue weighted by Gasteiger charge is -2.13. The Morgan fingerprint density at radius 2 is 1.73 bits per heavy atom. The van der Waals surface area contributed by atoms with Crippen molar-refractivity contribution < 1.29 is 23.9 Å². The number of anilines is 1. The van der Waals surface area contributed by atoms with Gasteiger partial charge in [-0.2, -0.15) is 0 Å². The molecule has 0 saturated heterocycles. The summed E-state index contributed by atoms with van der Waals surface area (Å²) in [6.07, 6.45) is 6.39. The summed E-state index contributed by atoms with van der Waals surface area (Å²) < 4.78 is 9.38. The lowest BCUT2D eigenvalue weighted by Crippen LogP contribution is -2.26. The van der Waals surface area contributed by atoms with Crippen LogP contribution in [0.3, 0.4) is 0 Å². The van der Waals surface area contributed by atoms with Gasteiger partial charge in [0.05, 0.1) is 31.0 Å². The monoisotopic (exact) mass is 360 g/mol. The maximum atomic E-state index is 12.2. The third kappa shape index (κ3) is 4.84. The van der Waals surface area contributed by atoms with E-state index in [2.05, 4.69) is 15.4 Å². The molecule has 26 heavy (non-hydrogen) atoms. The molecule has 0 bridgehead atoms. The molecule has 0 unspecified atom stereocenters. The van der Waals surface area contributed by atoms with Crippen molar-refractivity contribution in [2.75, 3.05) is 19.5 Å². The Labute approximate surface area is 152 Å². The first-order valence-electron chi connectivity index (χ1n) is 8.51. The minimum absolute atomic E-state index is 0.145. The van der Waals surface area contributed by atoms with Crippen molar-refractivity contribution >= 4 is 23.7 Å². The molecule has 0 radical (unpaired) electrons. The van der Waals surface area contributed by atoms with E-state index in [1.54, 1.807) is 6.20 Å². The molecule has 0 aromatic heterocycles. The number of amides is 2. The molecule has 1 aromatic carbocycles.